The van der Waals surface area contributed by atoms with Gasteiger partial charge in [-0.05, 0) is 49.7 Å². The van der Waals surface area contributed by atoms with E-state index in [-0.39, 0.29) is 35.8 Å². The van der Waals surface area contributed by atoms with Gasteiger partial charge in [0.1, 0.15) is 23.4 Å². The fourth-order valence-corrected chi connectivity index (χ4v) is 4.50. The second kappa shape index (κ2) is 11.9. The van der Waals surface area contributed by atoms with E-state index < -0.39 is 24.0 Å². The summed E-state index contributed by atoms with van der Waals surface area (Å²) in [6.45, 7) is 4.27. The predicted molar refractivity (Wildman–Crippen MR) is 146 cm³/mol. The van der Waals surface area contributed by atoms with Gasteiger partial charge in [-0.2, -0.15) is 18.3 Å². The van der Waals surface area contributed by atoms with Crippen molar-refractivity contribution in [1.82, 2.24) is 19.8 Å². The highest BCUT2D eigenvalue weighted by Crippen LogP contribution is 2.37. The zero-order valence-corrected chi connectivity index (χ0v) is 22.3. The van der Waals surface area contributed by atoms with Crippen LogP contribution in [0.3, 0.4) is 0 Å². The van der Waals surface area contributed by atoms with E-state index in [0.717, 1.165) is 0 Å². The van der Waals surface area contributed by atoms with Gasteiger partial charge in [-0.25, -0.2) is 8.91 Å². The molecule has 3 heterocycles. The van der Waals surface area contributed by atoms with E-state index in [4.69, 9.17) is 4.74 Å². The SMILES string of the molecule is C=C(c1c(C#CCNc2ccc(C(=O)NC)cc2OC)nn2c(N[C@@H]3CCN(C)C[C@@H]3F)cccc12)C(F)(F)F. The number of allylic oxidation sites excluding steroid dienone is 1. The number of piperidine rings is 1. The molecule has 40 heavy (non-hydrogen) atoms. The Morgan fingerprint density at radius 2 is 2.05 bits per heavy atom. The van der Waals surface area contributed by atoms with Crippen LogP contribution < -0.4 is 20.7 Å². The zero-order valence-electron chi connectivity index (χ0n) is 22.3. The van der Waals surface area contributed by atoms with Crippen LogP contribution in [-0.2, 0) is 0 Å². The van der Waals surface area contributed by atoms with Crippen molar-refractivity contribution in [2.45, 2.75) is 24.8 Å². The molecule has 3 aromatic rings. The van der Waals surface area contributed by atoms with E-state index in [2.05, 4.69) is 39.5 Å². The molecule has 1 aliphatic heterocycles. The maximum absolute atomic E-state index is 14.7. The van der Waals surface area contributed by atoms with Gasteiger partial charge < -0.3 is 25.6 Å². The summed E-state index contributed by atoms with van der Waals surface area (Å²) < 4.78 is 62.7. The average molecular weight is 559 g/mol. The lowest BCUT2D eigenvalue weighted by atomic mass is 10.0. The number of likely N-dealkylation sites (tertiary alicyclic amines) is 1. The minimum atomic E-state index is -4.71. The first-order valence-corrected chi connectivity index (χ1v) is 12.5. The minimum absolute atomic E-state index is 0.0473. The number of fused-ring (bicyclic) bond motifs is 1. The molecule has 8 nitrogen and oxygen atoms in total. The van der Waals surface area contributed by atoms with Crippen LogP contribution in [0, 0.1) is 11.8 Å². The second-order valence-corrected chi connectivity index (χ2v) is 9.38. The van der Waals surface area contributed by atoms with Crippen LogP contribution in [0.15, 0.2) is 43.0 Å². The lowest BCUT2D eigenvalue weighted by Gasteiger charge is -2.33. The maximum Gasteiger partial charge on any atom is 0.416 e. The lowest BCUT2D eigenvalue weighted by Crippen LogP contribution is -2.46. The molecule has 4 rings (SSSR count). The number of nitrogens with one attached hydrogen (secondary N) is 3. The molecule has 1 aliphatic rings. The van der Waals surface area contributed by atoms with Crippen molar-refractivity contribution >= 4 is 28.5 Å². The summed E-state index contributed by atoms with van der Waals surface area (Å²) in [6.07, 6.45) is -5.33. The highest BCUT2D eigenvalue weighted by atomic mass is 19.4. The maximum atomic E-state index is 14.7. The van der Waals surface area contributed by atoms with Crippen molar-refractivity contribution in [2.24, 2.45) is 0 Å². The fraction of sp³-hybridized carbons (Fsp3) is 0.357. The smallest absolute Gasteiger partial charge is 0.416 e. The Bertz CT molecular complexity index is 1470. The van der Waals surface area contributed by atoms with Crippen LogP contribution in [0.4, 0.5) is 29.1 Å². The number of rotatable bonds is 7. The molecule has 3 N–H and O–H groups in total. The van der Waals surface area contributed by atoms with Crippen molar-refractivity contribution < 1.29 is 27.1 Å². The lowest BCUT2D eigenvalue weighted by molar-refractivity contribution is -0.0686. The first kappa shape index (κ1) is 28.8. The van der Waals surface area contributed by atoms with E-state index in [1.165, 1.54) is 24.7 Å². The van der Waals surface area contributed by atoms with Crippen molar-refractivity contribution in [3.8, 4) is 17.6 Å². The molecule has 0 unspecified atom stereocenters. The second-order valence-electron chi connectivity index (χ2n) is 9.38. The van der Waals surface area contributed by atoms with E-state index in [0.29, 0.717) is 35.8 Å². The number of benzene rings is 1. The topological polar surface area (TPSA) is 82.9 Å². The highest BCUT2D eigenvalue weighted by Gasteiger charge is 2.37. The molecule has 212 valence electrons. The van der Waals surface area contributed by atoms with Crippen molar-refractivity contribution in [3.05, 3.63) is 59.8 Å². The number of pyridine rings is 1. The van der Waals surface area contributed by atoms with Gasteiger partial charge in [0.2, 0.25) is 0 Å². The van der Waals surface area contributed by atoms with Crippen molar-refractivity contribution in [3.63, 3.8) is 0 Å². The molecule has 1 saturated heterocycles. The molecular formula is C28H30F4N6O2. The number of methoxy groups -OCH3 is 1. The first-order valence-electron chi connectivity index (χ1n) is 12.5. The number of amides is 1. The monoisotopic (exact) mass is 558 g/mol. The molecular weight excluding hydrogens is 528 g/mol. The van der Waals surface area contributed by atoms with E-state index in [1.54, 1.807) is 30.3 Å². The Morgan fingerprint density at radius 3 is 2.73 bits per heavy atom. The number of carbonyl (C=O) groups is 1. The quantitative estimate of drug-likeness (QED) is 0.298. The Morgan fingerprint density at radius 1 is 1.27 bits per heavy atom. The summed E-state index contributed by atoms with van der Waals surface area (Å²) in [6, 6.07) is 9.01. The molecule has 1 fully saturated rings. The Labute approximate surface area is 229 Å². The molecule has 0 aliphatic carbocycles. The minimum Gasteiger partial charge on any atom is -0.495 e. The summed E-state index contributed by atoms with van der Waals surface area (Å²) in [7, 11) is 4.80. The van der Waals surface area contributed by atoms with Gasteiger partial charge in [0, 0.05) is 31.3 Å². The number of aromatic nitrogens is 2. The summed E-state index contributed by atoms with van der Waals surface area (Å²) in [5.74, 6) is 6.02. The number of ether oxygens (including phenoxy) is 1. The number of nitrogens with zero attached hydrogens (tertiary/aromatic N) is 3. The van der Waals surface area contributed by atoms with E-state index >= 15 is 0 Å². The third-order valence-corrected chi connectivity index (χ3v) is 6.64. The Hall–Kier alpha value is -4.24. The number of anilines is 2. The van der Waals surface area contributed by atoms with Crippen LogP contribution in [-0.4, -0.2) is 79.7 Å². The van der Waals surface area contributed by atoms with Crippen LogP contribution in [0.1, 0.15) is 28.0 Å². The highest BCUT2D eigenvalue weighted by molar-refractivity contribution is 5.95. The van der Waals surface area contributed by atoms with Gasteiger partial charge in [0.25, 0.3) is 5.91 Å². The largest absolute Gasteiger partial charge is 0.495 e. The molecule has 12 heteroatoms. The van der Waals surface area contributed by atoms with Gasteiger partial charge in [-0.3, -0.25) is 4.79 Å². The number of hydrogen-bond donors (Lipinski definition) is 3. The summed E-state index contributed by atoms with van der Waals surface area (Å²) >= 11 is 0. The number of halogens is 4. The third-order valence-electron chi connectivity index (χ3n) is 6.64. The summed E-state index contributed by atoms with van der Waals surface area (Å²) in [5.41, 5.74) is -0.327. The first-order chi connectivity index (χ1) is 19.0. The molecule has 0 spiro atoms. The van der Waals surface area contributed by atoms with Crippen LogP contribution in [0.5, 0.6) is 5.75 Å². The molecule has 0 radical (unpaired) electrons. The molecule has 0 saturated carbocycles. The van der Waals surface area contributed by atoms with Crippen molar-refractivity contribution in [1.29, 1.82) is 0 Å². The van der Waals surface area contributed by atoms with E-state index in [1.807, 2.05) is 11.9 Å². The average Bonchev–Trinajstić information content (AvgIpc) is 3.30. The Balaban J connectivity index is 1.64. The van der Waals surface area contributed by atoms with Gasteiger partial charge in [0.05, 0.1) is 36.5 Å². The van der Waals surface area contributed by atoms with Gasteiger partial charge in [-0.1, -0.05) is 18.6 Å². The summed E-state index contributed by atoms with van der Waals surface area (Å²) in [5, 5.41) is 13.0. The third kappa shape index (κ3) is 6.15. The number of carbonyl (C=O) groups excluding carboxylic acids is 1. The van der Waals surface area contributed by atoms with Gasteiger partial charge >= 0.3 is 6.18 Å². The molecule has 2 atom stereocenters. The van der Waals surface area contributed by atoms with Crippen LogP contribution >= 0.6 is 0 Å². The number of alkyl halides is 4. The predicted octanol–water partition coefficient (Wildman–Crippen LogP) is 4.20. The van der Waals surface area contributed by atoms with Gasteiger partial charge in [-0.15, -0.1) is 0 Å². The Kier molecular flexibility index (Phi) is 8.54. The molecule has 2 aromatic heterocycles. The molecule has 1 aromatic carbocycles. The van der Waals surface area contributed by atoms with Crippen LogP contribution in [0.25, 0.3) is 11.1 Å². The molecule has 1 amide bonds. The van der Waals surface area contributed by atoms with E-state index in [9.17, 15) is 22.4 Å². The zero-order chi connectivity index (χ0) is 29.0. The van der Waals surface area contributed by atoms with Crippen LogP contribution in [0.2, 0.25) is 0 Å². The van der Waals surface area contributed by atoms with Gasteiger partial charge in [0.15, 0.2) is 0 Å². The summed E-state index contributed by atoms with van der Waals surface area (Å²) in [4.78, 5) is 13.8. The number of hydrogen-bond acceptors (Lipinski definition) is 6. The molecule has 0 bridgehead atoms. The van der Waals surface area contributed by atoms with Crippen molar-refractivity contribution in [2.75, 3.05) is 51.5 Å². The standard InChI is InChI=1S/C28H30F4N6O2/c1-17(28(30,31)32)26-22(7-6-13-34-21-11-10-18(27(39)33-2)15-24(21)40-4)36-38-23(26)8-5-9-25(38)35-20-12-14-37(3)16-19(20)29/h5,8-11,15,19-20,34-35H,1,12-14,16H2,2-4H3,(H,33,39)/t19-,20+/m0/s1. The normalized spacial score (nSPS) is 17.6. The fourth-order valence-electron chi connectivity index (χ4n) is 4.50.